The molecule has 7 nitrogen and oxygen atoms in total. The van der Waals surface area contributed by atoms with Gasteiger partial charge in [-0.05, 0) is 25.7 Å². The highest BCUT2D eigenvalue weighted by atomic mass is 16.5. The van der Waals surface area contributed by atoms with Crippen LogP contribution in [-0.4, -0.2) is 60.1 Å². The number of amides is 2. The van der Waals surface area contributed by atoms with Gasteiger partial charge in [-0.3, -0.25) is 14.4 Å². The molecular weight excluding hydrogens is 276 g/mol. The lowest BCUT2D eigenvalue weighted by atomic mass is 9.80. The molecule has 0 aromatic rings. The van der Waals surface area contributed by atoms with Crippen LogP contribution in [0.4, 0.5) is 0 Å². The highest BCUT2D eigenvalue weighted by Gasteiger charge is 2.72. The predicted octanol–water partition coefficient (Wildman–Crippen LogP) is -0.539. The van der Waals surface area contributed by atoms with E-state index in [1.54, 1.807) is 11.8 Å². The molecule has 2 N–H and O–H groups in total. The summed E-state index contributed by atoms with van der Waals surface area (Å²) in [5, 5.41) is 11.9. The Hall–Kier alpha value is -1.63. The molecule has 2 amide bonds. The minimum atomic E-state index is -0.768. The summed E-state index contributed by atoms with van der Waals surface area (Å²) in [6.45, 7) is 3.65. The molecule has 3 aliphatic rings. The van der Waals surface area contributed by atoms with E-state index in [-0.39, 0.29) is 23.8 Å². The van der Waals surface area contributed by atoms with Crippen LogP contribution in [0.25, 0.3) is 0 Å². The van der Waals surface area contributed by atoms with Crippen LogP contribution in [0.15, 0.2) is 0 Å². The second-order valence-corrected chi connectivity index (χ2v) is 6.25. The van der Waals surface area contributed by atoms with Gasteiger partial charge in [-0.25, -0.2) is 0 Å². The third-order valence-corrected chi connectivity index (χ3v) is 5.04. The van der Waals surface area contributed by atoms with Crippen molar-refractivity contribution in [3.63, 3.8) is 0 Å². The van der Waals surface area contributed by atoms with Gasteiger partial charge in [-0.15, -0.1) is 0 Å². The fraction of sp³-hybridized carbons (Fsp3) is 0.786. The number of hydrogen-bond acceptors (Lipinski definition) is 4. The first kappa shape index (κ1) is 14.3. The lowest BCUT2D eigenvalue weighted by Crippen LogP contribution is -2.52. The maximum absolute atomic E-state index is 12.2. The zero-order valence-corrected chi connectivity index (χ0v) is 12.0. The summed E-state index contributed by atoms with van der Waals surface area (Å²) in [5.41, 5.74) is -0.588. The van der Waals surface area contributed by atoms with Crippen LogP contribution >= 0.6 is 0 Å². The molecule has 0 bridgehead atoms. The molecule has 2 aliphatic carbocycles. The average Bonchev–Trinajstić information content (AvgIpc) is 3.10. The summed E-state index contributed by atoms with van der Waals surface area (Å²) >= 11 is 0. The van der Waals surface area contributed by atoms with E-state index in [0.29, 0.717) is 39.1 Å². The Morgan fingerprint density at radius 1 is 1.29 bits per heavy atom. The van der Waals surface area contributed by atoms with Crippen LogP contribution in [0.2, 0.25) is 0 Å². The van der Waals surface area contributed by atoms with Crippen molar-refractivity contribution in [3.8, 4) is 0 Å². The van der Waals surface area contributed by atoms with Gasteiger partial charge < -0.3 is 20.1 Å². The molecule has 0 radical (unpaired) electrons. The summed E-state index contributed by atoms with van der Waals surface area (Å²) < 4.78 is 5.18. The van der Waals surface area contributed by atoms with Crippen LogP contribution < -0.4 is 5.32 Å². The number of carboxylic acids is 1. The SMILES string of the molecule is CC(C(=O)N[C@@H]1C[C@@]2(C(=O)O)C[C@@H]12)C(=O)N1CCOCC1. The van der Waals surface area contributed by atoms with Crippen LogP contribution in [0, 0.1) is 17.3 Å². The normalized spacial score (nSPS) is 35.2. The summed E-state index contributed by atoms with van der Waals surface area (Å²) in [7, 11) is 0. The molecule has 1 heterocycles. The van der Waals surface area contributed by atoms with Gasteiger partial charge in [0, 0.05) is 19.1 Å². The molecular formula is C14H20N2O5. The molecule has 1 unspecified atom stereocenters. The first-order valence-electron chi connectivity index (χ1n) is 7.36. The smallest absolute Gasteiger partial charge is 0.310 e. The molecule has 3 rings (SSSR count). The van der Waals surface area contributed by atoms with E-state index in [0.717, 1.165) is 0 Å². The molecule has 0 aromatic heterocycles. The Labute approximate surface area is 122 Å². The maximum atomic E-state index is 12.2. The monoisotopic (exact) mass is 296 g/mol. The van der Waals surface area contributed by atoms with Crippen LogP contribution in [-0.2, 0) is 19.1 Å². The second-order valence-electron chi connectivity index (χ2n) is 6.25. The van der Waals surface area contributed by atoms with Crippen LogP contribution in [0.1, 0.15) is 19.8 Å². The number of hydrogen-bond donors (Lipinski definition) is 2. The van der Waals surface area contributed by atoms with Gasteiger partial charge in [0.1, 0.15) is 5.92 Å². The summed E-state index contributed by atoms with van der Waals surface area (Å²) in [4.78, 5) is 37.0. The van der Waals surface area contributed by atoms with Crippen LogP contribution in [0.3, 0.4) is 0 Å². The van der Waals surface area contributed by atoms with Crippen molar-refractivity contribution in [3.05, 3.63) is 0 Å². The average molecular weight is 296 g/mol. The van der Waals surface area contributed by atoms with Crippen LogP contribution in [0.5, 0.6) is 0 Å². The van der Waals surface area contributed by atoms with E-state index in [2.05, 4.69) is 5.32 Å². The number of carbonyl (C=O) groups is 3. The van der Waals surface area contributed by atoms with Crippen molar-refractivity contribution in [2.45, 2.75) is 25.8 Å². The van der Waals surface area contributed by atoms with E-state index < -0.39 is 17.3 Å². The quantitative estimate of drug-likeness (QED) is 0.679. The largest absolute Gasteiger partial charge is 0.481 e. The number of rotatable bonds is 4. The fourth-order valence-corrected chi connectivity index (χ4v) is 3.43. The van der Waals surface area contributed by atoms with E-state index in [1.165, 1.54) is 0 Å². The van der Waals surface area contributed by atoms with Gasteiger partial charge in [0.05, 0.1) is 18.6 Å². The lowest BCUT2D eigenvalue weighted by Gasteiger charge is -2.34. The first-order valence-corrected chi connectivity index (χ1v) is 7.36. The van der Waals surface area contributed by atoms with Crippen molar-refractivity contribution >= 4 is 17.8 Å². The van der Waals surface area contributed by atoms with Gasteiger partial charge in [0.2, 0.25) is 11.8 Å². The highest BCUT2D eigenvalue weighted by molar-refractivity contribution is 6.00. The van der Waals surface area contributed by atoms with Crippen molar-refractivity contribution in [2.75, 3.05) is 26.3 Å². The predicted molar refractivity (Wildman–Crippen MR) is 71.3 cm³/mol. The number of carboxylic acid groups (broad SMARTS) is 1. The van der Waals surface area contributed by atoms with Crippen molar-refractivity contribution in [1.29, 1.82) is 0 Å². The lowest BCUT2D eigenvalue weighted by molar-refractivity contribution is -0.150. The van der Waals surface area contributed by atoms with E-state index in [1.807, 2.05) is 0 Å². The Bertz CT molecular complexity index is 488. The molecule has 7 heteroatoms. The molecule has 116 valence electrons. The molecule has 3 fully saturated rings. The maximum Gasteiger partial charge on any atom is 0.310 e. The van der Waals surface area contributed by atoms with Gasteiger partial charge in [0.15, 0.2) is 0 Å². The molecule has 0 aromatic carbocycles. The Balaban J connectivity index is 1.50. The molecule has 0 spiro atoms. The van der Waals surface area contributed by atoms with Gasteiger partial charge in [-0.2, -0.15) is 0 Å². The number of ether oxygens (including phenoxy) is 1. The van der Waals surface area contributed by atoms with E-state index in [9.17, 15) is 14.4 Å². The van der Waals surface area contributed by atoms with Gasteiger partial charge in [-0.1, -0.05) is 0 Å². The van der Waals surface area contributed by atoms with E-state index in [4.69, 9.17) is 9.84 Å². The molecule has 4 atom stereocenters. The number of fused-ring (bicyclic) bond motifs is 1. The third-order valence-electron chi connectivity index (χ3n) is 5.04. The molecule has 1 aliphatic heterocycles. The van der Waals surface area contributed by atoms with Crippen molar-refractivity contribution < 1.29 is 24.2 Å². The number of morpholine rings is 1. The third kappa shape index (κ3) is 2.29. The summed E-state index contributed by atoms with van der Waals surface area (Å²) in [6.07, 6.45) is 1.12. The Morgan fingerprint density at radius 2 is 1.95 bits per heavy atom. The van der Waals surface area contributed by atoms with E-state index >= 15 is 0 Å². The molecule has 1 saturated heterocycles. The van der Waals surface area contributed by atoms with Gasteiger partial charge >= 0.3 is 5.97 Å². The topological polar surface area (TPSA) is 95.9 Å². The number of nitrogens with zero attached hydrogens (tertiary/aromatic N) is 1. The first-order chi connectivity index (χ1) is 9.95. The second kappa shape index (κ2) is 4.98. The molecule has 2 saturated carbocycles. The zero-order valence-electron chi connectivity index (χ0n) is 12.0. The number of nitrogens with one attached hydrogen (secondary N) is 1. The fourth-order valence-electron chi connectivity index (χ4n) is 3.43. The number of aliphatic carboxylic acids is 1. The Morgan fingerprint density at radius 3 is 2.48 bits per heavy atom. The summed E-state index contributed by atoms with van der Waals surface area (Å²) in [5.74, 6) is -1.94. The minimum Gasteiger partial charge on any atom is -0.481 e. The zero-order chi connectivity index (χ0) is 15.2. The summed E-state index contributed by atoms with van der Waals surface area (Å²) in [6, 6.07) is -0.0893. The van der Waals surface area contributed by atoms with Crippen molar-refractivity contribution in [1.82, 2.24) is 10.2 Å². The Kier molecular flexibility index (Phi) is 3.39. The number of carbonyl (C=O) groups excluding carboxylic acids is 2. The molecule has 21 heavy (non-hydrogen) atoms. The highest BCUT2D eigenvalue weighted by Crippen LogP contribution is 2.67. The standard InChI is InChI=1S/C14H20N2O5/c1-8(12(18)16-2-4-21-5-3-16)11(17)15-10-7-14(13(19)20)6-9(10)14/h8-10H,2-7H2,1H3,(H,15,17)(H,19,20)/t8?,9-,10+,14-/m0/s1. The van der Waals surface area contributed by atoms with Gasteiger partial charge in [0.25, 0.3) is 0 Å². The minimum absolute atomic E-state index is 0.0460. The van der Waals surface area contributed by atoms with Crippen molar-refractivity contribution in [2.24, 2.45) is 17.3 Å².